The van der Waals surface area contributed by atoms with Gasteiger partial charge in [0.1, 0.15) is 5.82 Å². The quantitative estimate of drug-likeness (QED) is 0.588. The Morgan fingerprint density at radius 1 is 1.17 bits per heavy atom. The number of H-pyrrole nitrogens is 1. The molecule has 150 valence electrons. The Balaban J connectivity index is 1.41. The molecule has 9 nitrogen and oxygen atoms in total. The summed E-state index contributed by atoms with van der Waals surface area (Å²) in [5.41, 5.74) is 2.59. The minimum atomic E-state index is -3.81. The number of aromatic amines is 1. The summed E-state index contributed by atoms with van der Waals surface area (Å²) >= 11 is 0. The zero-order chi connectivity index (χ0) is 20.4. The van der Waals surface area contributed by atoms with Crippen LogP contribution in [-0.2, 0) is 27.7 Å². The molecule has 0 aliphatic heterocycles. The van der Waals surface area contributed by atoms with E-state index in [0.29, 0.717) is 12.1 Å². The van der Waals surface area contributed by atoms with Crippen LogP contribution < -0.4 is 10.0 Å². The smallest absolute Gasteiger partial charge is 0.264 e. The first-order valence-electron chi connectivity index (χ1n) is 9.16. The number of aromatic nitrogens is 4. The molecule has 1 aliphatic rings. The van der Waals surface area contributed by atoms with E-state index < -0.39 is 10.0 Å². The molecule has 2 aromatic heterocycles. The summed E-state index contributed by atoms with van der Waals surface area (Å²) in [7, 11) is -3.81. The fraction of sp³-hybridized carbons (Fsp3) is 0.263. The molecule has 4 rings (SSSR count). The van der Waals surface area contributed by atoms with Crippen LogP contribution in [0.4, 0.5) is 11.6 Å². The molecule has 29 heavy (non-hydrogen) atoms. The van der Waals surface area contributed by atoms with E-state index in [1.54, 1.807) is 18.2 Å². The molecule has 3 aromatic rings. The van der Waals surface area contributed by atoms with E-state index in [2.05, 4.69) is 30.0 Å². The molecule has 1 amide bonds. The lowest BCUT2D eigenvalue weighted by atomic mass is 9.89. The van der Waals surface area contributed by atoms with Crippen molar-refractivity contribution in [3.05, 3.63) is 59.9 Å². The van der Waals surface area contributed by atoms with E-state index in [0.717, 1.165) is 30.1 Å². The zero-order valence-corrected chi connectivity index (χ0v) is 16.5. The summed E-state index contributed by atoms with van der Waals surface area (Å²) in [6.45, 7) is 1.90. The van der Waals surface area contributed by atoms with Crippen LogP contribution in [-0.4, -0.2) is 34.3 Å². The van der Waals surface area contributed by atoms with Gasteiger partial charge in [0.15, 0.2) is 0 Å². The maximum atomic E-state index is 12.6. The van der Waals surface area contributed by atoms with E-state index >= 15 is 0 Å². The van der Waals surface area contributed by atoms with Crippen LogP contribution in [0.2, 0.25) is 0 Å². The van der Waals surface area contributed by atoms with Crippen LogP contribution in [0, 0.1) is 12.8 Å². The van der Waals surface area contributed by atoms with E-state index in [9.17, 15) is 13.2 Å². The summed E-state index contributed by atoms with van der Waals surface area (Å²) in [4.78, 5) is 28.0. The van der Waals surface area contributed by atoms with E-state index in [4.69, 9.17) is 0 Å². The molecule has 0 radical (unpaired) electrons. The lowest BCUT2D eigenvalue weighted by Gasteiger charge is -2.20. The molecule has 1 unspecified atom stereocenters. The van der Waals surface area contributed by atoms with Gasteiger partial charge in [-0.25, -0.2) is 28.1 Å². The average Bonchev–Trinajstić information content (AvgIpc) is 3.08. The number of sulfonamides is 1. The Morgan fingerprint density at radius 2 is 1.90 bits per heavy atom. The second kappa shape index (κ2) is 7.63. The maximum absolute atomic E-state index is 12.6. The molecule has 10 heteroatoms. The lowest BCUT2D eigenvalue weighted by Crippen LogP contribution is -2.28. The van der Waals surface area contributed by atoms with Gasteiger partial charge in [0.2, 0.25) is 11.9 Å². The van der Waals surface area contributed by atoms with Crippen molar-refractivity contribution >= 4 is 27.6 Å². The summed E-state index contributed by atoms with van der Waals surface area (Å²) in [5.74, 6) is 0.620. The third-order valence-electron chi connectivity index (χ3n) is 4.76. The number of amides is 1. The molecule has 1 aromatic carbocycles. The first kappa shape index (κ1) is 19.1. The van der Waals surface area contributed by atoms with Crippen molar-refractivity contribution in [1.82, 2.24) is 19.9 Å². The Bertz CT molecular complexity index is 1130. The van der Waals surface area contributed by atoms with Gasteiger partial charge in [0.25, 0.3) is 10.0 Å². The summed E-state index contributed by atoms with van der Waals surface area (Å²) in [6, 6.07) is 7.58. The third kappa shape index (κ3) is 4.27. The van der Waals surface area contributed by atoms with Crippen molar-refractivity contribution in [3.63, 3.8) is 0 Å². The predicted octanol–water partition coefficient (Wildman–Crippen LogP) is 2.05. The maximum Gasteiger partial charge on any atom is 0.264 e. The van der Waals surface area contributed by atoms with Crippen molar-refractivity contribution in [2.24, 2.45) is 5.92 Å². The summed E-state index contributed by atoms with van der Waals surface area (Å²) < 4.78 is 27.1. The molecular formula is C19H20N6O3S. The standard InChI is InChI=1S/C19H20N6O3S/c1-12-22-16-8-3-13(11-17(16)23-12)18(26)24-14-4-6-15(7-5-14)29(27,28)25-19-20-9-2-10-21-19/h2,4-7,9-10,13H,3,8,11H2,1H3,(H,22,23)(H,24,26)(H,20,21,25). The van der Waals surface area contributed by atoms with Gasteiger partial charge < -0.3 is 10.3 Å². The number of hydrogen-bond acceptors (Lipinski definition) is 6. The van der Waals surface area contributed by atoms with Crippen molar-refractivity contribution < 1.29 is 13.2 Å². The summed E-state index contributed by atoms with van der Waals surface area (Å²) in [6.07, 6.45) is 5.01. The monoisotopic (exact) mass is 412 g/mol. The van der Waals surface area contributed by atoms with Crippen LogP contribution in [0.15, 0.2) is 47.6 Å². The number of anilines is 2. The minimum absolute atomic E-state index is 0.00408. The fourth-order valence-corrected chi connectivity index (χ4v) is 4.30. The van der Waals surface area contributed by atoms with Gasteiger partial charge in [-0.05, 0) is 50.1 Å². The third-order valence-corrected chi connectivity index (χ3v) is 6.10. The number of benzene rings is 1. The van der Waals surface area contributed by atoms with Gasteiger partial charge in [-0.1, -0.05) is 0 Å². The van der Waals surface area contributed by atoms with Gasteiger partial charge in [0, 0.05) is 36.1 Å². The Hall–Kier alpha value is -3.27. The number of fused-ring (bicyclic) bond motifs is 1. The molecular weight excluding hydrogens is 392 g/mol. The van der Waals surface area contributed by atoms with Crippen LogP contribution in [0.3, 0.4) is 0 Å². The number of carbonyl (C=O) groups excluding carboxylic acids is 1. The van der Waals surface area contributed by atoms with Gasteiger partial charge in [-0.2, -0.15) is 0 Å². The number of rotatable bonds is 5. The first-order valence-corrected chi connectivity index (χ1v) is 10.6. The van der Waals surface area contributed by atoms with E-state index in [1.165, 1.54) is 24.5 Å². The van der Waals surface area contributed by atoms with Gasteiger partial charge in [0.05, 0.1) is 10.6 Å². The largest absolute Gasteiger partial charge is 0.346 e. The SMILES string of the molecule is Cc1nc2c([nH]1)CC(C(=O)Nc1ccc(S(=O)(=O)Nc3ncccn3)cc1)CC2. The van der Waals surface area contributed by atoms with Crippen molar-refractivity contribution in [2.45, 2.75) is 31.1 Å². The fourth-order valence-electron chi connectivity index (χ4n) is 3.34. The Morgan fingerprint density at radius 3 is 2.62 bits per heavy atom. The summed E-state index contributed by atoms with van der Waals surface area (Å²) in [5, 5.41) is 2.86. The molecule has 1 aliphatic carbocycles. The topological polar surface area (TPSA) is 130 Å². The molecule has 0 fully saturated rings. The predicted molar refractivity (Wildman–Crippen MR) is 107 cm³/mol. The van der Waals surface area contributed by atoms with Gasteiger partial charge in [-0.15, -0.1) is 0 Å². The van der Waals surface area contributed by atoms with Crippen LogP contribution in [0.1, 0.15) is 23.6 Å². The number of nitrogens with zero attached hydrogens (tertiary/aromatic N) is 3. The van der Waals surface area contributed by atoms with Crippen LogP contribution in [0.5, 0.6) is 0 Å². The van der Waals surface area contributed by atoms with E-state index in [1.807, 2.05) is 6.92 Å². The Labute approximate surface area is 168 Å². The second-order valence-corrected chi connectivity index (χ2v) is 8.56. The first-order chi connectivity index (χ1) is 13.9. The van der Waals surface area contributed by atoms with Gasteiger partial charge >= 0.3 is 0 Å². The van der Waals surface area contributed by atoms with Crippen LogP contribution in [0.25, 0.3) is 0 Å². The minimum Gasteiger partial charge on any atom is -0.346 e. The highest BCUT2D eigenvalue weighted by molar-refractivity contribution is 7.92. The van der Waals surface area contributed by atoms with Gasteiger partial charge in [-0.3, -0.25) is 4.79 Å². The van der Waals surface area contributed by atoms with E-state index in [-0.39, 0.29) is 22.7 Å². The highest BCUT2D eigenvalue weighted by atomic mass is 32.2. The molecule has 3 N–H and O–H groups in total. The number of aryl methyl sites for hydroxylation is 2. The molecule has 0 bridgehead atoms. The molecule has 0 saturated carbocycles. The zero-order valence-electron chi connectivity index (χ0n) is 15.7. The number of hydrogen-bond donors (Lipinski definition) is 3. The molecule has 0 spiro atoms. The average molecular weight is 412 g/mol. The van der Waals surface area contributed by atoms with Crippen molar-refractivity contribution in [3.8, 4) is 0 Å². The molecule has 0 saturated heterocycles. The van der Waals surface area contributed by atoms with Crippen molar-refractivity contribution in [2.75, 3.05) is 10.0 Å². The molecule has 2 heterocycles. The molecule has 1 atom stereocenters. The highest BCUT2D eigenvalue weighted by Gasteiger charge is 2.27. The lowest BCUT2D eigenvalue weighted by molar-refractivity contribution is -0.120. The normalized spacial score (nSPS) is 16.1. The number of carbonyl (C=O) groups is 1. The van der Waals surface area contributed by atoms with Crippen LogP contribution >= 0.6 is 0 Å². The van der Waals surface area contributed by atoms with Crippen molar-refractivity contribution in [1.29, 1.82) is 0 Å². The second-order valence-electron chi connectivity index (χ2n) is 6.88. The Kier molecular flexibility index (Phi) is 5.01. The number of nitrogens with one attached hydrogen (secondary N) is 3. The highest BCUT2D eigenvalue weighted by Crippen LogP contribution is 2.25. The number of imidazole rings is 1.